The van der Waals surface area contributed by atoms with Gasteiger partial charge in [-0.1, -0.05) is 84.0 Å². The van der Waals surface area contributed by atoms with Crippen LogP contribution in [0.4, 0.5) is 0 Å². The number of nitrogens with zero attached hydrogens (tertiary/aromatic N) is 2. The molecule has 0 saturated carbocycles. The van der Waals surface area contributed by atoms with E-state index in [1.165, 1.54) is 17.3 Å². The maximum Gasteiger partial charge on any atom is 0.230 e. The molecule has 0 saturated heterocycles. The Morgan fingerprint density at radius 3 is 2.45 bits per heavy atom. The topological polar surface area (TPSA) is 54.9 Å². The Morgan fingerprint density at radius 1 is 1.00 bits per heavy atom. The second kappa shape index (κ2) is 9.94. The lowest BCUT2D eigenvalue weighted by Crippen LogP contribution is -2.35. The molecule has 4 nitrogen and oxygen atoms in total. The molecule has 0 radical (unpaired) electrons. The van der Waals surface area contributed by atoms with E-state index in [0.29, 0.717) is 10.2 Å². The monoisotopic (exact) mass is 447 g/mol. The van der Waals surface area contributed by atoms with E-state index in [0.717, 1.165) is 28.6 Å². The van der Waals surface area contributed by atoms with Crippen LogP contribution < -0.4 is 5.32 Å². The van der Waals surface area contributed by atoms with Crippen LogP contribution >= 0.6 is 23.4 Å². The predicted molar refractivity (Wildman–Crippen MR) is 128 cm³/mol. The Morgan fingerprint density at radius 2 is 1.71 bits per heavy atom. The van der Waals surface area contributed by atoms with Gasteiger partial charge in [0, 0.05) is 22.0 Å². The summed E-state index contributed by atoms with van der Waals surface area (Å²) in [5.74, 6) is 0.224. The predicted octanol–water partition coefficient (Wildman–Crippen LogP) is 5.79. The largest absolute Gasteiger partial charge is 0.353 e. The molecule has 0 aliphatic rings. The fourth-order valence-electron chi connectivity index (χ4n) is 3.43. The van der Waals surface area contributed by atoms with Gasteiger partial charge in [0.1, 0.15) is 0 Å². The minimum absolute atomic E-state index is 0.0329. The summed E-state index contributed by atoms with van der Waals surface area (Å²) < 4.78 is 0. The molecule has 0 bridgehead atoms. The molecule has 3 aromatic carbocycles. The molecule has 1 amide bonds. The van der Waals surface area contributed by atoms with Crippen molar-refractivity contribution in [2.45, 2.75) is 24.5 Å². The summed E-state index contributed by atoms with van der Waals surface area (Å²) in [6, 6.07) is 25.7. The average Bonchev–Trinajstić information content (AvgIpc) is 2.78. The van der Waals surface area contributed by atoms with Crippen molar-refractivity contribution in [2.24, 2.45) is 0 Å². The van der Waals surface area contributed by atoms with Gasteiger partial charge in [0.25, 0.3) is 0 Å². The van der Waals surface area contributed by atoms with Crippen LogP contribution in [0.3, 0.4) is 0 Å². The lowest BCUT2D eigenvalue weighted by atomic mass is 10.1. The Bertz CT molecular complexity index is 1190. The van der Waals surface area contributed by atoms with Crippen molar-refractivity contribution < 1.29 is 4.79 Å². The smallest absolute Gasteiger partial charge is 0.230 e. The van der Waals surface area contributed by atoms with Gasteiger partial charge < -0.3 is 5.32 Å². The van der Waals surface area contributed by atoms with Crippen LogP contribution in [0.5, 0.6) is 0 Å². The Balaban J connectivity index is 1.48. The van der Waals surface area contributed by atoms with E-state index >= 15 is 0 Å². The number of nitrogens with one attached hydrogen (secondary N) is 1. The summed E-state index contributed by atoms with van der Waals surface area (Å²) in [5.41, 5.74) is 3.80. The fraction of sp³-hybridized carbons (Fsp3) is 0.160. The number of carbonyl (C=O) groups excluding carboxylic acids is 1. The van der Waals surface area contributed by atoms with Crippen molar-refractivity contribution in [3.8, 4) is 11.3 Å². The molecule has 4 aromatic rings. The minimum Gasteiger partial charge on any atom is -0.353 e. The summed E-state index contributed by atoms with van der Waals surface area (Å²) in [6.07, 6.45) is 0.794. The first-order valence-corrected chi connectivity index (χ1v) is 11.4. The number of hydrogen-bond acceptors (Lipinski definition) is 4. The van der Waals surface area contributed by atoms with Gasteiger partial charge in [-0.15, -0.1) is 0 Å². The number of aromatic nitrogens is 2. The highest BCUT2D eigenvalue weighted by Gasteiger charge is 2.13. The van der Waals surface area contributed by atoms with Crippen molar-refractivity contribution in [2.75, 3.05) is 5.75 Å². The van der Waals surface area contributed by atoms with Crippen LogP contribution in [0, 0.1) is 0 Å². The first kappa shape index (κ1) is 21.3. The van der Waals surface area contributed by atoms with Crippen LogP contribution in [0.15, 0.2) is 84.0 Å². The quantitative estimate of drug-likeness (QED) is 0.288. The van der Waals surface area contributed by atoms with E-state index in [-0.39, 0.29) is 17.7 Å². The zero-order valence-corrected chi connectivity index (χ0v) is 18.7. The van der Waals surface area contributed by atoms with Gasteiger partial charge in [-0.2, -0.15) is 0 Å². The summed E-state index contributed by atoms with van der Waals surface area (Å²) in [5, 5.41) is 5.16. The molecular formula is C25H22ClN3OS. The third kappa shape index (κ3) is 5.63. The Kier molecular flexibility index (Phi) is 6.85. The van der Waals surface area contributed by atoms with Crippen LogP contribution in [-0.2, 0) is 11.2 Å². The lowest BCUT2D eigenvalue weighted by Gasteiger charge is -2.14. The van der Waals surface area contributed by atoms with Crippen molar-refractivity contribution in [3.63, 3.8) is 0 Å². The van der Waals surface area contributed by atoms with E-state index in [1.807, 2.05) is 73.7 Å². The number of thioether (sulfide) groups is 1. The van der Waals surface area contributed by atoms with Gasteiger partial charge in [0.2, 0.25) is 5.91 Å². The maximum atomic E-state index is 12.5. The van der Waals surface area contributed by atoms with E-state index < -0.39 is 0 Å². The molecule has 0 spiro atoms. The second-order valence-electron chi connectivity index (χ2n) is 7.33. The van der Waals surface area contributed by atoms with Gasteiger partial charge in [-0.05, 0) is 37.1 Å². The van der Waals surface area contributed by atoms with Crippen LogP contribution in [-0.4, -0.2) is 27.7 Å². The molecule has 4 rings (SSSR count). The molecule has 1 heterocycles. The van der Waals surface area contributed by atoms with Gasteiger partial charge in [0.15, 0.2) is 5.16 Å². The lowest BCUT2D eigenvalue weighted by molar-refractivity contribution is -0.119. The molecule has 0 fully saturated rings. The Labute approximate surface area is 191 Å². The number of benzene rings is 3. The van der Waals surface area contributed by atoms with E-state index in [2.05, 4.69) is 22.4 Å². The van der Waals surface area contributed by atoms with Gasteiger partial charge in [-0.25, -0.2) is 9.97 Å². The molecule has 1 aromatic heterocycles. The summed E-state index contributed by atoms with van der Waals surface area (Å²) >= 11 is 7.55. The molecule has 1 atom stereocenters. The zero-order chi connectivity index (χ0) is 21.6. The third-order valence-corrected chi connectivity index (χ3v) is 5.89. The normalized spacial score (nSPS) is 11.9. The van der Waals surface area contributed by atoms with Gasteiger partial charge in [-0.3, -0.25) is 4.79 Å². The highest BCUT2D eigenvalue weighted by Crippen LogP contribution is 2.30. The molecular weight excluding hydrogens is 426 g/mol. The summed E-state index contributed by atoms with van der Waals surface area (Å²) in [6.45, 7) is 2.01. The van der Waals surface area contributed by atoms with Crippen LogP contribution in [0.25, 0.3) is 22.2 Å². The minimum atomic E-state index is -0.0329. The van der Waals surface area contributed by atoms with Gasteiger partial charge in [0.05, 0.1) is 17.0 Å². The average molecular weight is 448 g/mol. The van der Waals surface area contributed by atoms with E-state index in [4.69, 9.17) is 16.6 Å². The molecule has 31 heavy (non-hydrogen) atoms. The van der Waals surface area contributed by atoms with E-state index in [9.17, 15) is 4.79 Å². The third-order valence-electron chi connectivity index (χ3n) is 4.81. The summed E-state index contributed by atoms with van der Waals surface area (Å²) in [4.78, 5) is 21.9. The van der Waals surface area contributed by atoms with Crippen molar-refractivity contribution in [1.82, 2.24) is 15.3 Å². The molecule has 0 aliphatic heterocycles. The second-order valence-corrected chi connectivity index (χ2v) is 8.71. The number of rotatable bonds is 7. The van der Waals surface area contributed by atoms with Crippen molar-refractivity contribution in [1.29, 1.82) is 0 Å². The Hall–Kier alpha value is -2.89. The molecule has 1 N–H and O–H groups in total. The highest BCUT2D eigenvalue weighted by atomic mass is 35.5. The number of carbonyl (C=O) groups is 1. The molecule has 6 heteroatoms. The highest BCUT2D eigenvalue weighted by molar-refractivity contribution is 7.99. The number of amides is 1. The molecule has 156 valence electrons. The molecule has 0 unspecified atom stereocenters. The van der Waals surface area contributed by atoms with Crippen LogP contribution in [0.2, 0.25) is 5.02 Å². The number of halogens is 1. The number of hydrogen-bond donors (Lipinski definition) is 1. The molecule has 0 aliphatic carbocycles. The van der Waals surface area contributed by atoms with Crippen LogP contribution in [0.1, 0.15) is 12.5 Å². The fourth-order valence-corrected chi connectivity index (χ4v) is 4.26. The first-order chi connectivity index (χ1) is 15.1. The summed E-state index contributed by atoms with van der Waals surface area (Å²) in [7, 11) is 0. The van der Waals surface area contributed by atoms with Gasteiger partial charge >= 0.3 is 0 Å². The van der Waals surface area contributed by atoms with Crippen molar-refractivity contribution in [3.05, 3.63) is 89.4 Å². The van der Waals surface area contributed by atoms with E-state index in [1.54, 1.807) is 0 Å². The zero-order valence-electron chi connectivity index (χ0n) is 17.1. The maximum absolute atomic E-state index is 12.5. The van der Waals surface area contributed by atoms with Crippen molar-refractivity contribution >= 4 is 40.2 Å². The SMILES string of the molecule is C[C@@H](Cc1ccccc1)NC(=O)CSc1nc(-c2ccccc2)c2cc(Cl)ccc2n1. The standard InChI is InChI=1S/C25H22ClN3OS/c1-17(14-18-8-4-2-5-9-18)27-23(30)16-31-25-28-22-13-12-20(26)15-21(22)24(29-25)19-10-6-3-7-11-19/h2-13,15,17H,14,16H2,1H3,(H,27,30)/t17-/m0/s1. The number of fused-ring (bicyclic) bond motifs is 1. The first-order valence-electron chi connectivity index (χ1n) is 10.1.